The third-order valence-electron chi connectivity index (χ3n) is 2.22. The Labute approximate surface area is 85.7 Å². The molecule has 1 aliphatic heterocycles. The highest BCUT2D eigenvalue weighted by molar-refractivity contribution is 7.99. The van der Waals surface area contributed by atoms with E-state index in [-0.39, 0.29) is 5.37 Å². The van der Waals surface area contributed by atoms with Gasteiger partial charge in [0.05, 0.1) is 11.3 Å². The van der Waals surface area contributed by atoms with Crippen LogP contribution >= 0.6 is 11.8 Å². The van der Waals surface area contributed by atoms with Crippen molar-refractivity contribution in [2.75, 3.05) is 5.75 Å². The van der Waals surface area contributed by atoms with Gasteiger partial charge in [0.25, 0.3) is 0 Å². The van der Waals surface area contributed by atoms with E-state index in [2.05, 4.69) is 4.98 Å². The van der Waals surface area contributed by atoms with Crippen LogP contribution in [0.3, 0.4) is 0 Å². The second-order valence-corrected chi connectivity index (χ2v) is 4.38. The molecule has 0 bridgehead atoms. The van der Waals surface area contributed by atoms with Crippen LogP contribution in [0.1, 0.15) is 10.9 Å². The van der Waals surface area contributed by atoms with Gasteiger partial charge in [-0.3, -0.25) is 0 Å². The van der Waals surface area contributed by atoms with Crippen LogP contribution in [-0.2, 0) is 4.79 Å². The molecule has 1 aliphatic rings. The van der Waals surface area contributed by atoms with E-state index in [0.29, 0.717) is 5.75 Å². The van der Waals surface area contributed by atoms with Gasteiger partial charge in [-0.15, -0.1) is 0 Å². The Hall–Kier alpha value is -1.07. The summed E-state index contributed by atoms with van der Waals surface area (Å²) in [6.45, 7) is 0. The molecule has 0 amide bonds. The third-order valence-corrected chi connectivity index (χ3v) is 3.56. The molecule has 0 saturated carbocycles. The summed E-state index contributed by atoms with van der Waals surface area (Å²) in [4.78, 5) is 13.6. The fourth-order valence-corrected chi connectivity index (χ4v) is 2.77. The van der Waals surface area contributed by atoms with Crippen molar-refractivity contribution in [1.29, 1.82) is 0 Å². The molecule has 3 N–H and O–H groups in total. The van der Waals surface area contributed by atoms with Crippen LogP contribution in [0.2, 0.25) is 0 Å². The molecule has 2 unspecified atom stereocenters. The number of nitrogens with one attached hydrogen (secondary N) is 1. The summed E-state index contributed by atoms with van der Waals surface area (Å²) in [5, 5.41) is 12.6. The topological polar surface area (TPSA) is 70.9 Å². The van der Waals surface area contributed by atoms with E-state index >= 15 is 0 Å². The summed E-state index contributed by atoms with van der Waals surface area (Å²) < 4.78 is 0. The fraction of sp³-hybridized carbons (Fsp3) is 0.333. The number of H-pyrrole nitrogens is 1. The SMILES string of the molecule is O=C([O-])C1CSC(c2ccc[nH+]c2)[NH2+]1. The van der Waals surface area contributed by atoms with Crippen molar-refractivity contribution < 1.29 is 20.2 Å². The molecule has 2 heterocycles. The molecule has 0 aliphatic carbocycles. The summed E-state index contributed by atoms with van der Waals surface area (Å²) in [7, 11) is 0. The number of carboxylic acids is 1. The monoisotopic (exact) mass is 211 g/mol. The van der Waals surface area contributed by atoms with Crippen molar-refractivity contribution in [2.24, 2.45) is 0 Å². The zero-order valence-electron chi connectivity index (χ0n) is 7.47. The molecule has 1 aromatic rings. The summed E-state index contributed by atoms with van der Waals surface area (Å²) in [5.41, 5.74) is 1.11. The number of quaternary nitrogens is 1. The van der Waals surface area contributed by atoms with Crippen LogP contribution in [0.25, 0.3) is 0 Å². The molecule has 74 valence electrons. The van der Waals surface area contributed by atoms with Crippen LogP contribution in [0.5, 0.6) is 0 Å². The Bertz CT molecular complexity index is 331. The molecule has 0 spiro atoms. The number of carbonyl (C=O) groups excluding carboxylic acids is 1. The molecule has 2 rings (SSSR count). The summed E-state index contributed by atoms with van der Waals surface area (Å²) in [6, 6.07) is 3.49. The molecule has 14 heavy (non-hydrogen) atoms. The van der Waals surface area contributed by atoms with Crippen LogP contribution in [0.4, 0.5) is 0 Å². The zero-order chi connectivity index (χ0) is 9.97. The first kappa shape index (κ1) is 9.48. The molecule has 2 atom stereocenters. The standard InChI is InChI=1S/C9H10N2O2S/c12-9(13)7-5-14-8(11-7)6-2-1-3-10-4-6/h1-4,7-8,11H,5H2,(H,12,13)/p+1. The Morgan fingerprint density at radius 3 is 3.14 bits per heavy atom. The lowest BCUT2D eigenvalue weighted by Crippen LogP contribution is -2.90. The highest BCUT2D eigenvalue weighted by atomic mass is 32.2. The number of hydrogen-bond acceptors (Lipinski definition) is 3. The van der Waals surface area contributed by atoms with Crippen LogP contribution in [-0.4, -0.2) is 17.8 Å². The van der Waals surface area contributed by atoms with E-state index in [1.807, 2.05) is 29.8 Å². The van der Waals surface area contributed by atoms with Gasteiger partial charge >= 0.3 is 0 Å². The number of aromatic nitrogens is 1. The van der Waals surface area contributed by atoms with Crippen molar-refractivity contribution in [3.05, 3.63) is 30.1 Å². The van der Waals surface area contributed by atoms with Crippen molar-refractivity contribution in [1.82, 2.24) is 0 Å². The smallest absolute Gasteiger partial charge is 0.177 e. The van der Waals surface area contributed by atoms with Crippen molar-refractivity contribution in [2.45, 2.75) is 11.4 Å². The third kappa shape index (κ3) is 1.88. The van der Waals surface area contributed by atoms with Crippen molar-refractivity contribution in [3.63, 3.8) is 0 Å². The maximum absolute atomic E-state index is 10.6. The van der Waals surface area contributed by atoms with Gasteiger partial charge in [-0.25, -0.2) is 4.98 Å². The second-order valence-electron chi connectivity index (χ2n) is 3.21. The Morgan fingerprint density at radius 1 is 1.71 bits per heavy atom. The number of carboxylic acid groups (broad SMARTS) is 1. The van der Waals surface area contributed by atoms with Crippen LogP contribution in [0.15, 0.2) is 24.5 Å². The van der Waals surface area contributed by atoms with Gasteiger partial charge in [0.15, 0.2) is 17.8 Å². The van der Waals surface area contributed by atoms with Gasteiger partial charge in [-0.1, -0.05) is 11.8 Å². The number of aliphatic carboxylic acids is 1. The molecule has 1 aromatic heterocycles. The quantitative estimate of drug-likeness (QED) is 0.611. The van der Waals surface area contributed by atoms with Crippen LogP contribution in [0, 0.1) is 0 Å². The van der Waals surface area contributed by atoms with E-state index < -0.39 is 12.0 Å². The Balaban J connectivity index is 2.06. The average Bonchev–Trinajstić information content (AvgIpc) is 2.68. The van der Waals surface area contributed by atoms with Gasteiger partial charge in [0.1, 0.15) is 12.0 Å². The van der Waals surface area contributed by atoms with Gasteiger partial charge in [0.2, 0.25) is 0 Å². The van der Waals surface area contributed by atoms with Gasteiger partial charge in [-0.05, 0) is 6.07 Å². The minimum absolute atomic E-state index is 0.176. The molecule has 5 heteroatoms. The van der Waals surface area contributed by atoms with Gasteiger partial charge < -0.3 is 15.2 Å². The van der Waals surface area contributed by atoms with Gasteiger partial charge in [0, 0.05) is 6.07 Å². The number of pyridine rings is 1. The van der Waals surface area contributed by atoms with E-state index in [1.165, 1.54) is 0 Å². The van der Waals surface area contributed by atoms with Gasteiger partial charge in [-0.2, -0.15) is 0 Å². The first-order chi connectivity index (χ1) is 6.77. The molecule has 4 nitrogen and oxygen atoms in total. The normalized spacial score (nSPS) is 26.3. The largest absolute Gasteiger partial charge is 0.544 e. The predicted octanol–water partition coefficient (Wildman–Crippen LogP) is -2.07. The number of rotatable bonds is 2. The number of thioether (sulfide) groups is 1. The summed E-state index contributed by atoms with van der Waals surface area (Å²) >= 11 is 1.64. The summed E-state index contributed by atoms with van der Waals surface area (Å²) in [6.07, 6.45) is 3.73. The van der Waals surface area contributed by atoms with E-state index in [9.17, 15) is 9.90 Å². The minimum Gasteiger partial charge on any atom is -0.544 e. The Morgan fingerprint density at radius 2 is 2.57 bits per heavy atom. The number of hydrogen-bond donors (Lipinski definition) is 1. The maximum atomic E-state index is 10.6. The molecule has 1 saturated heterocycles. The van der Waals surface area contributed by atoms with E-state index in [0.717, 1.165) is 5.56 Å². The van der Waals surface area contributed by atoms with Crippen molar-refractivity contribution in [3.8, 4) is 0 Å². The number of aromatic amines is 1. The second kappa shape index (κ2) is 3.98. The highest BCUT2D eigenvalue weighted by Gasteiger charge is 2.31. The molecular weight excluding hydrogens is 200 g/mol. The maximum Gasteiger partial charge on any atom is 0.177 e. The lowest BCUT2D eigenvalue weighted by Gasteiger charge is -2.09. The van der Waals surface area contributed by atoms with E-state index in [4.69, 9.17) is 0 Å². The minimum atomic E-state index is -0.972. The zero-order valence-corrected chi connectivity index (χ0v) is 8.29. The molecule has 0 radical (unpaired) electrons. The lowest BCUT2D eigenvalue weighted by atomic mass is 10.2. The average molecular weight is 211 g/mol. The molecular formula is C9H11N2O2S+. The first-order valence-corrected chi connectivity index (χ1v) is 5.46. The molecule has 0 aromatic carbocycles. The highest BCUT2D eigenvalue weighted by Crippen LogP contribution is 2.25. The van der Waals surface area contributed by atoms with E-state index in [1.54, 1.807) is 11.8 Å². The van der Waals surface area contributed by atoms with Crippen molar-refractivity contribution >= 4 is 17.7 Å². The van der Waals surface area contributed by atoms with Crippen LogP contribution < -0.4 is 15.4 Å². The Kier molecular flexibility index (Phi) is 2.69. The fourth-order valence-electron chi connectivity index (χ4n) is 1.47. The molecule has 1 fully saturated rings. The number of nitrogens with two attached hydrogens (primary N) is 1. The predicted molar refractivity (Wildman–Crippen MR) is 48.9 cm³/mol. The first-order valence-electron chi connectivity index (χ1n) is 4.41. The number of carbonyl (C=O) groups is 1. The summed E-state index contributed by atoms with van der Waals surface area (Å²) in [5.74, 6) is -0.359. The lowest BCUT2D eigenvalue weighted by molar-refractivity contribution is -0.690.